The number of hydrogen-bond donors (Lipinski definition) is 0. The van der Waals surface area contributed by atoms with Crippen molar-refractivity contribution in [1.82, 2.24) is 9.97 Å². The van der Waals surface area contributed by atoms with E-state index in [-0.39, 0.29) is 18.4 Å². The molecule has 0 atom stereocenters. The zero-order valence-electron chi connectivity index (χ0n) is 16.4. The highest BCUT2D eigenvalue weighted by molar-refractivity contribution is 5.64. The molecule has 0 fully saturated rings. The molecule has 0 amide bonds. The van der Waals surface area contributed by atoms with Gasteiger partial charge in [-0.3, -0.25) is 0 Å². The van der Waals surface area contributed by atoms with Crippen LogP contribution in [0.1, 0.15) is 45.1 Å². The number of ether oxygens (including phenoxy) is 2. The Hall–Kier alpha value is -2.51. The lowest BCUT2D eigenvalue weighted by atomic mass is 10.2. The van der Waals surface area contributed by atoms with Gasteiger partial charge in [-0.2, -0.15) is 18.2 Å². The Bertz CT molecular complexity index is 754. The molecule has 154 valence electrons. The van der Waals surface area contributed by atoms with Crippen molar-refractivity contribution in [3.05, 3.63) is 36.0 Å². The van der Waals surface area contributed by atoms with Crippen molar-refractivity contribution < 1.29 is 22.6 Å². The summed E-state index contributed by atoms with van der Waals surface area (Å²) in [6.45, 7) is 4.68. The fourth-order valence-electron chi connectivity index (χ4n) is 2.63. The Balaban J connectivity index is 2.23. The van der Waals surface area contributed by atoms with E-state index in [0.717, 1.165) is 31.9 Å². The summed E-state index contributed by atoms with van der Waals surface area (Å²) in [5.74, 6) is 0.333. The van der Waals surface area contributed by atoms with Gasteiger partial charge in [0.2, 0.25) is 0 Å². The van der Waals surface area contributed by atoms with E-state index in [0.29, 0.717) is 18.0 Å². The van der Waals surface area contributed by atoms with Gasteiger partial charge < -0.3 is 14.4 Å². The predicted octanol–water partition coefficient (Wildman–Crippen LogP) is 5.62. The lowest BCUT2D eigenvalue weighted by Gasteiger charge is -2.23. The van der Waals surface area contributed by atoms with Crippen molar-refractivity contribution in [3.8, 4) is 11.8 Å². The summed E-state index contributed by atoms with van der Waals surface area (Å²) in [5, 5.41) is 0. The van der Waals surface area contributed by atoms with E-state index >= 15 is 0 Å². The molecule has 0 radical (unpaired) electrons. The van der Waals surface area contributed by atoms with Crippen LogP contribution >= 0.6 is 0 Å². The lowest BCUT2D eigenvalue weighted by molar-refractivity contribution is -0.137. The van der Waals surface area contributed by atoms with Crippen LogP contribution < -0.4 is 14.4 Å². The summed E-state index contributed by atoms with van der Waals surface area (Å²) in [6, 6.07) is 6.83. The van der Waals surface area contributed by atoms with Crippen LogP contribution in [0.3, 0.4) is 0 Å². The van der Waals surface area contributed by atoms with E-state index in [2.05, 4.69) is 16.9 Å². The van der Waals surface area contributed by atoms with Gasteiger partial charge in [0.25, 0.3) is 0 Å². The molecule has 0 aliphatic carbocycles. The highest BCUT2D eigenvalue weighted by Gasteiger charge is 2.36. The van der Waals surface area contributed by atoms with Crippen LogP contribution in [-0.2, 0) is 6.18 Å². The first kappa shape index (κ1) is 21.8. The molecular weight excluding hydrogens is 371 g/mol. The van der Waals surface area contributed by atoms with Gasteiger partial charge in [-0.25, -0.2) is 4.98 Å². The van der Waals surface area contributed by atoms with Gasteiger partial charge in [-0.1, -0.05) is 32.3 Å². The van der Waals surface area contributed by atoms with Crippen LogP contribution in [0.4, 0.5) is 24.7 Å². The topological polar surface area (TPSA) is 47.5 Å². The smallest absolute Gasteiger partial charge is 0.421 e. The summed E-state index contributed by atoms with van der Waals surface area (Å²) in [4.78, 5) is 8.97. The summed E-state index contributed by atoms with van der Waals surface area (Å²) in [6.07, 6.45) is 0.494. The second kappa shape index (κ2) is 10.1. The number of hydrogen-bond acceptors (Lipinski definition) is 5. The maximum Gasteiger partial charge on any atom is 0.421 e. The first-order valence-electron chi connectivity index (χ1n) is 9.40. The van der Waals surface area contributed by atoms with Gasteiger partial charge in [0.05, 0.1) is 13.2 Å². The minimum atomic E-state index is -4.58. The largest absolute Gasteiger partial charge is 0.494 e. The Morgan fingerprint density at radius 1 is 1.07 bits per heavy atom. The molecule has 8 heteroatoms. The Morgan fingerprint density at radius 3 is 2.54 bits per heavy atom. The molecule has 1 aromatic heterocycles. The molecule has 1 heterocycles. The molecule has 2 rings (SSSR count). The average Bonchev–Trinajstić information content (AvgIpc) is 2.67. The molecule has 0 N–H and O–H groups in total. The molecule has 5 nitrogen and oxygen atoms in total. The molecule has 0 aliphatic heterocycles. The van der Waals surface area contributed by atoms with E-state index in [1.165, 1.54) is 11.9 Å². The third-order valence-corrected chi connectivity index (χ3v) is 4.11. The number of halogens is 3. The van der Waals surface area contributed by atoms with Gasteiger partial charge >= 0.3 is 12.2 Å². The third-order valence-electron chi connectivity index (χ3n) is 4.11. The average molecular weight is 397 g/mol. The molecule has 0 saturated heterocycles. The molecule has 0 unspecified atom stereocenters. The molecule has 0 bridgehead atoms. The molecule has 0 saturated carbocycles. The highest BCUT2D eigenvalue weighted by Crippen LogP contribution is 2.38. The Morgan fingerprint density at radius 2 is 1.86 bits per heavy atom. The van der Waals surface area contributed by atoms with Crippen LogP contribution in [0.15, 0.2) is 30.5 Å². The lowest BCUT2D eigenvalue weighted by Crippen LogP contribution is -2.19. The first-order chi connectivity index (χ1) is 13.4. The monoisotopic (exact) mass is 397 g/mol. The fraction of sp³-hybridized carbons (Fsp3) is 0.500. The van der Waals surface area contributed by atoms with Gasteiger partial charge in [0.15, 0.2) is 5.82 Å². The van der Waals surface area contributed by atoms with Crippen LogP contribution in [0.2, 0.25) is 0 Å². The number of anilines is 2. The van der Waals surface area contributed by atoms with Crippen molar-refractivity contribution >= 4 is 11.5 Å². The Kier molecular flexibility index (Phi) is 7.90. The molecule has 28 heavy (non-hydrogen) atoms. The van der Waals surface area contributed by atoms with Crippen LogP contribution in [-0.4, -0.2) is 30.2 Å². The van der Waals surface area contributed by atoms with Crippen molar-refractivity contribution in [1.29, 1.82) is 0 Å². The van der Waals surface area contributed by atoms with Crippen LogP contribution in [0.25, 0.3) is 0 Å². The highest BCUT2D eigenvalue weighted by atomic mass is 19.4. The number of unbranched alkanes of at least 4 members (excludes halogenated alkanes) is 3. The molecule has 0 spiro atoms. The predicted molar refractivity (Wildman–Crippen MR) is 102 cm³/mol. The van der Waals surface area contributed by atoms with Gasteiger partial charge in [0.1, 0.15) is 11.3 Å². The van der Waals surface area contributed by atoms with Crippen molar-refractivity contribution in [2.75, 3.05) is 25.2 Å². The summed E-state index contributed by atoms with van der Waals surface area (Å²) in [5.41, 5.74) is -0.401. The van der Waals surface area contributed by atoms with Gasteiger partial charge in [-0.15, -0.1) is 0 Å². The number of alkyl halides is 3. The van der Waals surface area contributed by atoms with Crippen molar-refractivity contribution in [3.63, 3.8) is 0 Å². The SMILES string of the molecule is CCCCCCOc1cccc(N(C)c2nc(OCC)ncc2C(F)(F)F)c1. The second-order valence-electron chi connectivity index (χ2n) is 6.29. The zero-order chi connectivity index (χ0) is 20.6. The van der Waals surface area contributed by atoms with Crippen molar-refractivity contribution in [2.24, 2.45) is 0 Å². The number of nitrogens with zero attached hydrogens (tertiary/aromatic N) is 3. The number of aromatic nitrogens is 2. The number of rotatable bonds is 10. The molecule has 0 aliphatic rings. The van der Waals surface area contributed by atoms with E-state index in [9.17, 15) is 13.2 Å². The van der Waals surface area contributed by atoms with E-state index in [1.807, 2.05) is 0 Å². The van der Waals surface area contributed by atoms with Gasteiger partial charge in [0, 0.05) is 25.0 Å². The quantitative estimate of drug-likeness (QED) is 0.487. The zero-order valence-corrected chi connectivity index (χ0v) is 16.4. The minimum absolute atomic E-state index is 0.0966. The second-order valence-corrected chi connectivity index (χ2v) is 6.29. The summed E-state index contributed by atoms with van der Waals surface area (Å²) >= 11 is 0. The molecule has 2 aromatic rings. The Labute approximate surface area is 163 Å². The summed E-state index contributed by atoms with van der Waals surface area (Å²) in [7, 11) is 1.52. The van der Waals surface area contributed by atoms with Crippen LogP contribution in [0, 0.1) is 0 Å². The summed E-state index contributed by atoms with van der Waals surface area (Å²) < 4.78 is 51.2. The standard InChI is InChI=1S/C20H26F3N3O2/c1-4-6-7-8-12-28-16-11-9-10-15(13-16)26(3)18-17(20(21,22)23)14-24-19(25-18)27-5-2/h9-11,13-14H,4-8,12H2,1-3H3. The van der Waals surface area contributed by atoms with E-state index in [1.54, 1.807) is 31.2 Å². The van der Waals surface area contributed by atoms with Crippen LogP contribution in [0.5, 0.6) is 11.8 Å². The maximum atomic E-state index is 13.4. The first-order valence-corrected chi connectivity index (χ1v) is 9.40. The minimum Gasteiger partial charge on any atom is -0.494 e. The van der Waals surface area contributed by atoms with Crippen molar-refractivity contribution in [2.45, 2.75) is 45.7 Å². The van der Waals surface area contributed by atoms with Gasteiger partial charge in [-0.05, 0) is 25.5 Å². The number of benzene rings is 1. The van der Waals surface area contributed by atoms with E-state index < -0.39 is 11.7 Å². The van der Waals surface area contributed by atoms with E-state index in [4.69, 9.17) is 9.47 Å². The third kappa shape index (κ3) is 6.00. The molecule has 1 aromatic carbocycles. The normalized spacial score (nSPS) is 11.4. The molecular formula is C20H26F3N3O2. The maximum absolute atomic E-state index is 13.4. The fourth-order valence-corrected chi connectivity index (χ4v) is 2.63.